The summed E-state index contributed by atoms with van der Waals surface area (Å²) in [5.74, 6) is 0.959. The zero-order chi connectivity index (χ0) is 18.1. The van der Waals surface area contributed by atoms with Gasteiger partial charge in [0.05, 0.1) is 7.11 Å². The van der Waals surface area contributed by atoms with Crippen LogP contribution in [0.5, 0.6) is 0 Å². The summed E-state index contributed by atoms with van der Waals surface area (Å²) in [6.07, 6.45) is 8.37. The Morgan fingerprint density at radius 1 is 1.42 bits per heavy atom. The van der Waals surface area contributed by atoms with Crippen molar-refractivity contribution < 1.29 is 14.3 Å². The first-order chi connectivity index (χ1) is 11.1. The van der Waals surface area contributed by atoms with E-state index in [-0.39, 0.29) is 22.6 Å². The summed E-state index contributed by atoms with van der Waals surface area (Å²) < 4.78 is 4.72. The molecule has 24 heavy (non-hydrogen) atoms. The molecule has 0 radical (unpaired) electrons. The Morgan fingerprint density at radius 2 is 2.08 bits per heavy atom. The number of esters is 1. The Morgan fingerprint density at radius 3 is 2.71 bits per heavy atom. The van der Waals surface area contributed by atoms with Gasteiger partial charge in [0.25, 0.3) is 0 Å². The van der Waals surface area contributed by atoms with Gasteiger partial charge < -0.3 is 4.74 Å². The van der Waals surface area contributed by atoms with E-state index in [1.807, 2.05) is 13.0 Å². The zero-order valence-corrected chi connectivity index (χ0v) is 16.1. The van der Waals surface area contributed by atoms with Crippen LogP contribution in [-0.2, 0) is 14.3 Å². The van der Waals surface area contributed by atoms with Gasteiger partial charge in [0.15, 0.2) is 5.78 Å². The number of carbonyl (C=O) groups is 2. The van der Waals surface area contributed by atoms with Crippen LogP contribution in [0.3, 0.4) is 0 Å². The highest BCUT2D eigenvalue weighted by Crippen LogP contribution is 2.61. The Labute approximate surface area is 146 Å². The predicted molar refractivity (Wildman–Crippen MR) is 96.5 cm³/mol. The molecule has 2 aliphatic carbocycles. The molecule has 0 aromatic heterocycles. The largest absolute Gasteiger partial charge is 0.466 e. The highest BCUT2D eigenvalue weighted by molar-refractivity contribution is 5.92. The summed E-state index contributed by atoms with van der Waals surface area (Å²) >= 11 is 0. The first-order valence-electron chi connectivity index (χ1n) is 9.10. The molecule has 0 spiro atoms. The van der Waals surface area contributed by atoms with E-state index in [2.05, 4.69) is 27.7 Å². The van der Waals surface area contributed by atoms with Gasteiger partial charge in [0.1, 0.15) is 0 Å². The van der Waals surface area contributed by atoms with Crippen LogP contribution in [0.2, 0.25) is 0 Å². The van der Waals surface area contributed by atoms with Crippen molar-refractivity contribution in [3.63, 3.8) is 0 Å². The predicted octanol–water partition coefficient (Wildman–Crippen LogP) is 4.86. The molecule has 134 valence electrons. The molecule has 0 aromatic carbocycles. The standard InChI is InChI=1S/C21H32O3/c1-14(11-19(23)24-6)7-9-20(4)15(2)8-10-21(5)16(3)12-17(22)13-18(20)21/h11-12,15,18H,7-10,13H2,1-6H3/b14-11+/t15-,18-,20+,21-/m1/s1. The highest BCUT2D eigenvalue weighted by atomic mass is 16.5. The number of allylic oxidation sites excluding steroid dienone is 3. The average Bonchev–Trinajstić information content (AvgIpc) is 2.52. The van der Waals surface area contributed by atoms with Crippen LogP contribution in [0, 0.1) is 22.7 Å². The summed E-state index contributed by atoms with van der Waals surface area (Å²) in [4.78, 5) is 23.7. The maximum Gasteiger partial charge on any atom is 0.330 e. The van der Waals surface area contributed by atoms with Crippen molar-refractivity contribution in [2.24, 2.45) is 22.7 Å². The van der Waals surface area contributed by atoms with Gasteiger partial charge in [-0.3, -0.25) is 4.79 Å². The first kappa shape index (κ1) is 19.0. The van der Waals surface area contributed by atoms with E-state index in [9.17, 15) is 9.59 Å². The fourth-order valence-electron chi connectivity index (χ4n) is 4.91. The van der Waals surface area contributed by atoms with Gasteiger partial charge in [0.2, 0.25) is 0 Å². The molecule has 0 aromatic rings. The van der Waals surface area contributed by atoms with Crippen LogP contribution in [0.15, 0.2) is 23.3 Å². The van der Waals surface area contributed by atoms with E-state index in [0.29, 0.717) is 18.3 Å². The maximum absolute atomic E-state index is 12.2. The quantitative estimate of drug-likeness (QED) is 0.545. The molecule has 0 aliphatic heterocycles. The summed E-state index contributed by atoms with van der Waals surface area (Å²) in [7, 11) is 1.41. The zero-order valence-electron chi connectivity index (χ0n) is 16.1. The second-order valence-corrected chi connectivity index (χ2v) is 8.43. The van der Waals surface area contributed by atoms with Crippen LogP contribution >= 0.6 is 0 Å². The molecular weight excluding hydrogens is 300 g/mol. The number of ketones is 1. The maximum atomic E-state index is 12.2. The number of carbonyl (C=O) groups excluding carboxylic acids is 2. The van der Waals surface area contributed by atoms with E-state index < -0.39 is 0 Å². The molecule has 0 unspecified atom stereocenters. The van der Waals surface area contributed by atoms with E-state index in [1.165, 1.54) is 25.5 Å². The molecule has 2 aliphatic rings. The van der Waals surface area contributed by atoms with Gasteiger partial charge in [-0.2, -0.15) is 0 Å². The number of rotatable bonds is 4. The van der Waals surface area contributed by atoms with E-state index in [1.54, 1.807) is 6.08 Å². The van der Waals surface area contributed by atoms with Crippen molar-refractivity contribution in [3.8, 4) is 0 Å². The third-order valence-electron chi connectivity index (χ3n) is 7.09. The van der Waals surface area contributed by atoms with Crippen molar-refractivity contribution in [3.05, 3.63) is 23.3 Å². The molecule has 1 saturated carbocycles. The second-order valence-electron chi connectivity index (χ2n) is 8.43. The van der Waals surface area contributed by atoms with Crippen molar-refractivity contribution >= 4 is 11.8 Å². The van der Waals surface area contributed by atoms with Crippen LogP contribution < -0.4 is 0 Å². The van der Waals surface area contributed by atoms with E-state index in [4.69, 9.17) is 4.74 Å². The molecule has 2 rings (SSSR count). The van der Waals surface area contributed by atoms with Gasteiger partial charge in [0, 0.05) is 12.5 Å². The summed E-state index contributed by atoms with van der Waals surface area (Å²) in [6.45, 7) is 11.2. The Balaban J connectivity index is 2.25. The molecule has 3 heteroatoms. The number of hydrogen-bond donors (Lipinski definition) is 0. The highest BCUT2D eigenvalue weighted by Gasteiger charge is 2.54. The normalized spacial score (nSPS) is 36.8. The minimum atomic E-state index is -0.286. The van der Waals surface area contributed by atoms with Gasteiger partial charge >= 0.3 is 5.97 Å². The van der Waals surface area contributed by atoms with Gasteiger partial charge in [-0.25, -0.2) is 4.79 Å². The fraction of sp³-hybridized carbons (Fsp3) is 0.714. The lowest BCUT2D eigenvalue weighted by Crippen LogP contribution is -2.50. The van der Waals surface area contributed by atoms with E-state index in [0.717, 1.165) is 18.4 Å². The third kappa shape index (κ3) is 3.36. The van der Waals surface area contributed by atoms with E-state index >= 15 is 0 Å². The fourth-order valence-corrected chi connectivity index (χ4v) is 4.91. The summed E-state index contributed by atoms with van der Waals surface area (Å²) in [6, 6.07) is 0. The molecule has 0 saturated heterocycles. The Hall–Kier alpha value is -1.38. The van der Waals surface area contributed by atoms with Gasteiger partial charge in [-0.15, -0.1) is 0 Å². The molecule has 0 bridgehead atoms. The van der Waals surface area contributed by atoms with Crippen LogP contribution in [0.4, 0.5) is 0 Å². The van der Waals surface area contributed by atoms with Crippen LogP contribution in [-0.4, -0.2) is 18.9 Å². The lowest BCUT2D eigenvalue weighted by Gasteiger charge is -2.57. The second kappa shape index (κ2) is 6.85. The number of fused-ring (bicyclic) bond motifs is 1. The Bertz CT molecular complexity index is 586. The van der Waals surface area contributed by atoms with Crippen LogP contribution in [0.25, 0.3) is 0 Å². The molecule has 1 fully saturated rings. The minimum absolute atomic E-state index is 0.114. The van der Waals surface area contributed by atoms with Gasteiger partial charge in [-0.1, -0.05) is 31.9 Å². The number of methoxy groups -OCH3 is 1. The molecule has 0 amide bonds. The van der Waals surface area contributed by atoms with Crippen molar-refractivity contribution in [2.75, 3.05) is 7.11 Å². The van der Waals surface area contributed by atoms with Crippen LogP contribution in [0.1, 0.15) is 66.7 Å². The molecular formula is C21H32O3. The minimum Gasteiger partial charge on any atom is -0.466 e. The molecule has 0 N–H and O–H groups in total. The lowest BCUT2D eigenvalue weighted by molar-refractivity contribution is -0.134. The average molecular weight is 332 g/mol. The number of hydrogen-bond acceptors (Lipinski definition) is 3. The third-order valence-corrected chi connectivity index (χ3v) is 7.09. The van der Waals surface area contributed by atoms with Crippen molar-refractivity contribution in [1.82, 2.24) is 0 Å². The SMILES string of the molecule is COC(=O)/C=C(\C)CC[C@@]1(C)[C@H](C)CC[C@]2(C)C(C)=CC(=O)C[C@H]12. The summed E-state index contributed by atoms with van der Waals surface area (Å²) in [5.41, 5.74) is 2.55. The summed E-state index contributed by atoms with van der Waals surface area (Å²) in [5, 5.41) is 0. The monoisotopic (exact) mass is 332 g/mol. The van der Waals surface area contributed by atoms with Gasteiger partial charge in [-0.05, 0) is 68.3 Å². The molecule has 4 atom stereocenters. The van der Waals surface area contributed by atoms with Crippen molar-refractivity contribution in [2.45, 2.75) is 66.7 Å². The lowest BCUT2D eigenvalue weighted by atomic mass is 9.47. The molecule has 3 nitrogen and oxygen atoms in total. The van der Waals surface area contributed by atoms with Crippen molar-refractivity contribution in [1.29, 1.82) is 0 Å². The smallest absolute Gasteiger partial charge is 0.330 e. The topological polar surface area (TPSA) is 43.4 Å². The first-order valence-corrected chi connectivity index (χ1v) is 9.10. The number of ether oxygens (including phenoxy) is 1. The molecule has 0 heterocycles. The Kier molecular flexibility index (Phi) is 5.41.